The molecule has 0 spiro atoms. The van der Waals surface area contributed by atoms with E-state index in [9.17, 15) is 50.4 Å². The Morgan fingerprint density at radius 3 is 0.938 bits per heavy atom. The summed E-state index contributed by atoms with van der Waals surface area (Å²) in [6.07, 6.45) is 11.5. The molecule has 0 unspecified atom stereocenters. The first-order chi connectivity index (χ1) is 21.6. The van der Waals surface area contributed by atoms with Crippen molar-refractivity contribution in [1.82, 2.24) is 9.97 Å². The molecule has 6 nitrogen and oxygen atoms in total. The molecule has 0 N–H and O–H groups in total. The summed E-state index contributed by atoms with van der Waals surface area (Å²) in [5.41, 5.74) is 4.48. The molecule has 2 aromatic carbocycles. The van der Waals surface area contributed by atoms with Gasteiger partial charge in [-0.05, 0) is 70.8 Å². The summed E-state index contributed by atoms with van der Waals surface area (Å²) in [7, 11) is -18.0. The zero-order chi connectivity index (χ0) is 36.1. The van der Waals surface area contributed by atoms with Gasteiger partial charge in [0.25, 0.3) is 0 Å². The van der Waals surface area contributed by atoms with Crippen molar-refractivity contribution in [2.45, 2.75) is 0 Å². The molecule has 0 radical (unpaired) electrons. The van der Waals surface area contributed by atoms with Crippen LogP contribution in [0.15, 0.2) is 110 Å². The van der Waals surface area contributed by atoms with Gasteiger partial charge >= 0.3 is 77.6 Å². The fraction of sp³-hybridized carbons (Fsp3) is 0.0714. The number of halogens is 12. The van der Waals surface area contributed by atoms with Crippen molar-refractivity contribution in [2.75, 3.05) is 14.2 Å². The predicted octanol–water partition coefficient (Wildman–Crippen LogP) is 11.1. The van der Waals surface area contributed by atoms with Gasteiger partial charge in [-0.3, -0.25) is 0 Å². The Labute approximate surface area is 264 Å². The molecule has 0 aliphatic rings. The molecular weight excluding hydrogens is 714 g/mol. The number of hydrogen-bond acceptors (Lipinski definition) is 4. The van der Waals surface area contributed by atoms with Crippen molar-refractivity contribution in [1.29, 1.82) is 0 Å². The van der Waals surface area contributed by atoms with Crippen LogP contribution in [-0.2, 0) is 0 Å². The molecule has 0 atom stereocenters. The van der Waals surface area contributed by atoms with Crippen molar-refractivity contribution in [2.24, 2.45) is 0 Å². The van der Waals surface area contributed by atoms with E-state index in [1.807, 2.05) is 82.5 Å². The zero-order valence-corrected chi connectivity index (χ0v) is 26.2. The van der Waals surface area contributed by atoms with Gasteiger partial charge in [0, 0.05) is 4.98 Å². The van der Waals surface area contributed by atoms with E-state index in [0.29, 0.717) is 0 Å². The summed E-state index contributed by atoms with van der Waals surface area (Å²) >= 11 is 0. The van der Waals surface area contributed by atoms with Gasteiger partial charge in [-0.2, -0.15) is 0 Å². The van der Waals surface area contributed by atoms with Gasteiger partial charge in [0.05, 0.1) is 39.0 Å². The topological polar surface area (TPSA) is 52.0 Å². The predicted molar refractivity (Wildman–Crippen MR) is 156 cm³/mol. The quantitative estimate of drug-likeness (QED) is 0.0989. The molecule has 0 saturated carbocycles. The summed E-state index contributed by atoms with van der Waals surface area (Å²) in [6, 6.07) is 24.3. The van der Waals surface area contributed by atoms with Crippen LogP contribution in [0.25, 0.3) is 33.9 Å². The Balaban J connectivity index is 0.000000376. The van der Waals surface area contributed by atoms with Gasteiger partial charge in [-0.1, -0.05) is 24.3 Å². The number of methoxy groups -OCH3 is 2. The van der Waals surface area contributed by atoms with Crippen molar-refractivity contribution < 1.29 is 69.0 Å². The average Bonchev–Trinajstić information content (AvgIpc) is 2.98. The zero-order valence-electron chi connectivity index (χ0n) is 24.4. The molecule has 3 heterocycles. The van der Waals surface area contributed by atoms with Gasteiger partial charge in [0.15, 0.2) is 0 Å². The maximum absolute atomic E-state index is 10.7. The van der Waals surface area contributed by atoms with E-state index in [1.165, 1.54) is 0 Å². The Hall–Kier alpha value is -4.56. The van der Waals surface area contributed by atoms with Crippen LogP contribution in [0.4, 0.5) is 50.4 Å². The fourth-order valence-electron chi connectivity index (χ4n) is 3.70. The second-order valence-electron chi connectivity index (χ2n) is 9.60. The van der Waals surface area contributed by atoms with Crippen LogP contribution in [0.1, 0.15) is 0 Å². The normalized spacial score (nSPS) is 14.3. The van der Waals surface area contributed by atoms with E-state index < -0.39 is 15.6 Å². The van der Waals surface area contributed by atoms with Crippen LogP contribution in [0.2, 0.25) is 0 Å². The molecule has 20 heteroatoms. The van der Waals surface area contributed by atoms with E-state index in [4.69, 9.17) is 14.5 Å². The number of pyridine rings is 2. The molecule has 262 valence electrons. The van der Waals surface area contributed by atoms with E-state index in [0.717, 1.165) is 45.4 Å². The molecule has 0 saturated heterocycles. The van der Waals surface area contributed by atoms with E-state index in [1.54, 1.807) is 26.6 Å². The second kappa shape index (κ2) is 12.2. The third-order valence-electron chi connectivity index (χ3n) is 5.64. The maximum atomic E-state index is 9.87. The van der Waals surface area contributed by atoms with Crippen molar-refractivity contribution in [3.05, 3.63) is 110 Å². The molecular formula is C28H24F12N4O2P2. The van der Waals surface area contributed by atoms with Gasteiger partial charge in [-0.25, -0.2) is 14.1 Å². The van der Waals surface area contributed by atoms with Crippen molar-refractivity contribution in [3.8, 4) is 45.4 Å². The van der Waals surface area contributed by atoms with Gasteiger partial charge in [0.2, 0.25) is 0 Å². The summed E-state index contributed by atoms with van der Waals surface area (Å²) < 4.78 is 133. The summed E-state index contributed by atoms with van der Waals surface area (Å²) in [5, 5.41) is 0. The first-order valence-corrected chi connectivity index (χ1v) is 17.0. The molecule has 0 aliphatic heterocycles. The third kappa shape index (κ3) is 15.8. The van der Waals surface area contributed by atoms with Crippen LogP contribution >= 0.6 is 15.6 Å². The van der Waals surface area contributed by atoms with Crippen LogP contribution in [0.3, 0.4) is 0 Å². The van der Waals surface area contributed by atoms with Crippen LogP contribution < -0.4 is 18.6 Å². The Morgan fingerprint density at radius 2 is 0.688 bits per heavy atom. The van der Waals surface area contributed by atoms with Crippen LogP contribution in [0, 0.1) is 0 Å². The minimum atomic E-state index is -10.7. The van der Waals surface area contributed by atoms with E-state index in [-0.39, 0.29) is 0 Å². The number of rotatable bonds is 6. The number of benzene rings is 2. The molecule has 0 bridgehead atoms. The monoisotopic (exact) mass is 738 g/mol. The minimum absolute atomic E-state index is 0.741. The van der Waals surface area contributed by atoms with Crippen molar-refractivity contribution in [3.63, 3.8) is 0 Å². The Bertz CT molecular complexity index is 1680. The summed E-state index contributed by atoms with van der Waals surface area (Å²) in [5.74, 6) is 3.17. The first kappa shape index (κ1) is 37.9. The van der Waals surface area contributed by atoms with Gasteiger partial charge in [0.1, 0.15) is 23.9 Å². The fourth-order valence-corrected chi connectivity index (χ4v) is 3.70. The number of nitrogens with zero attached hydrogens (tertiary/aromatic N) is 4. The number of hydrogen-bond donors (Lipinski definition) is 0. The molecule has 0 fully saturated rings. The molecule has 0 aliphatic carbocycles. The molecule has 5 rings (SSSR count). The van der Waals surface area contributed by atoms with E-state index in [2.05, 4.69) is 29.2 Å². The van der Waals surface area contributed by atoms with Crippen LogP contribution in [-0.4, -0.2) is 24.2 Å². The average molecular weight is 738 g/mol. The number of aromatic nitrogens is 4. The Morgan fingerprint density at radius 1 is 0.438 bits per heavy atom. The Kier molecular flexibility index (Phi) is 9.59. The standard InChI is InChI=1S/C28H24N4O2.2F6P/c1-33-25-7-3-21(4-8-25)23-11-15-31(16-12-23)27-19-29-20-28(30-27)32-17-13-24(14-18-32)22-5-9-26(34-2)10-6-22;2*1-7(2,3,4,5)6/h3-20H,1-2H3;;/q+2;2*-1. The third-order valence-corrected chi connectivity index (χ3v) is 5.64. The number of ether oxygens (including phenoxy) is 2. The first-order valence-electron chi connectivity index (χ1n) is 12.9. The molecule has 3 aromatic heterocycles. The molecule has 5 aromatic rings. The SMILES string of the molecule is COc1ccc(-c2cc[n+](-c3cncc(-[n+]4ccc(-c5ccc(OC)cc5)cc4)n3)cc2)cc1.F[P-](F)(F)(F)(F)F.F[P-](F)(F)(F)(F)F. The summed E-state index contributed by atoms with van der Waals surface area (Å²) in [6.45, 7) is 0. The molecule has 48 heavy (non-hydrogen) atoms. The van der Waals surface area contributed by atoms with Gasteiger partial charge in [-0.15, -0.1) is 0 Å². The second-order valence-corrected chi connectivity index (χ2v) is 13.4. The molecule has 0 amide bonds. The van der Waals surface area contributed by atoms with E-state index >= 15 is 0 Å². The van der Waals surface area contributed by atoms with Crippen LogP contribution in [0.5, 0.6) is 11.5 Å². The van der Waals surface area contributed by atoms with Crippen molar-refractivity contribution >= 4 is 15.6 Å². The van der Waals surface area contributed by atoms with Gasteiger partial charge < -0.3 is 9.47 Å². The summed E-state index contributed by atoms with van der Waals surface area (Å²) in [4.78, 5) is 9.20.